The summed E-state index contributed by atoms with van der Waals surface area (Å²) >= 11 is 1.24. The van der Waals surface area contributed by atoms with Gasteiger partial charge in [-0.05, 0) is 48.9 Å². The van der Waals surface area contributed by atoms with Crippen molar-refractivity contribution in [2.75, 3.05) is 13.1 Å². The molecule has 1 aliphatic carbocycles. The van der Waals surface area contributed by atoms with E-state index >= 15 is 0 Å². The number of benzene rings is 1. The van der Waals surface area contributed by atoms with Gasteiger partial charge in [0.05, 0.1) is 5.01 Å². The summed E-state index contributed by atoms with van der Waals surface area (Å²) in [6, 6.07) is 4.67. The zero-order valence-corrected chi connectivity index (χ0v) is 19.2. The number of amides is 2. The van der Waals surface area contributed by atoms with Crippen LogP contribution in [0.2, 0.25) is 0 Å². The van der Waals surface area contributed by atoms with Gasteiger partial charge in [-0.1, -0.05) is 19.3 Å². The Morgan fingerprint density at radius 2 is 1.79 bits per heavy atom. The average molecular weight is 498 g/mol. The summed E-state index contributed by atoms with van der Waals surface area (Å²) in [6.45, 7) is 1.49. The summed E-state index contributed by atoms with van der Waals surface area (Å²) in [7, 11) is 0. The van der Waals surface area contributed by atoms with Crippen molar-refractivity contribution in [2.45, 2.75) is 51.0 Å². The first-order chi connectivity index (χ1) is 16.2. The van der Waals surface area contributed by atoms with Crippen molar-refractivity contribution < 1.29 is 32.2 Å². The lowest BCUT2D eigenvalue weighted by Crippen LogP contribution is -2.44. The van der Waals surface area contributed by atoms with Crippen LogP contribution in [0.15, 0.2) is 29.6 Å². The van der Waals surface area contributed by atoms with Gasteiger partial charge in [0.2, 0.25) is 0 Å². The Morgan fingerprint density at radius 1 is 1.12 bits per heavy atom. The number of rotatable bonds is 7. The minimum absolute atomic E-state index is 0.0405. The number of hydrogen-bond donors (Lipinski definition) is 1. The highest BCUT2D eigenvalue weighted by Gasteiger charge is 2.34. The van der Waals surface area contributed by atoms with Crippen LogP contribution in [-0.4, -0.2) is 47.3 Å². The van der Waals surface area contributed by atoms with Crippen LogP contribution in [0.4, 0.5) is 13.2 Å². The number of halogens is 3. The maximum absolute atomic E-state index is 13.0. The summed E-state index contributed by atoms with van der Waals surface area (Å²) < 4.78 is 46.3. The van der Waals surface area contributed by atoms with E-state index in [2.05, 4.69) is 9.72 Å². The van der Waals surface area contributed by atoms with Crippen molar-refractivity contribution in [2.24, 2.45) is 17.6 Å². The first-order valence-electron chi connectivity index (χ1n) is 11.2. The number of ether oxygens (including phenoxy) is 2. The third-order valence-corrected chi connectivity index (χ3v) is 7.23. The lowest BCUT2D eigenvalue weighted by Gasteiger charge is -2.41. The van der Waals surface area contributed by atoms with Gasteiger partial charge in [-0.2, -0.15) is 0 Å². The van der Waals surface area contributed by atoms with E-state index in [1.165, 1.54) is 42.7 Å². The van der Waals surface area contributed by atoms with Crippen LogP contribution in [0.25, 0.3) is 0 Å². The highest BCUT2D eigenvalue weighted by molar-refractivity contribution is 7.09. The van der Waals surface area contributed by atoms with Crippen LogP contribution in [-0.2, 0) is 11.2 Å². The molecule has 184 valence electrons. The van der Waals surface area contributed by atoms with E-state index in [4.69, 9.17) is 10.5 Å². The lowest BCUT2D eigenvalue weighted by molar-refractivity contribution is -0.274. The van der Waals surface area contributed by atoms with Gasteiger partial charge in [0, 0.05) is 24.9 Å². The summed E-state index contributed by atoms with van der Waals surface area (Å²) in [5, 5.41) is 2.18. The molecular formula is C23H26F3N3O4S. The van der Waals surface area contributed by atoms with Crippen LogP contribution in [0.1, 0.15) is 47.6 Å². The predicted molar refractivity (Wildman–Crippen MR) is 119 cm³/mol. The predicted octanol–water partition coefficient (Wildman–Crippen LogP) is 4.17. The van der Waals surface area contributed by atoms with Crippen molar-refractivity contribution in [3.05, 3.63) is 40.3 Å². The Morgan fingerprint density at radius 3 is 2.47 bits per heavy atom. The maximum atomic E-state index is 13.0. The molecule has 2 heterocycles. The van der Waals surface area contributed by atoms with Crippen LogP contribution >= 0.6 is 11.3 Å². The minimum Gasteiger partial charge on any atom is -0.480 e. The molecule has 1 aromatic heterocycles. The second-order valence-corrected chi connectivity index (χ2v) is 9.65. The number of likely N-dealkylation sites (tertiary alicyclic amines) is 1. The largest absolute Gasteiger partial charge is 0.573 e. The Balaban J connectivity index is 1.36. The molecule has 4 rings (SSSR count). The van der Waals surface area contributed by atoms with Gasteiger partial charge in [0.1, 0.15) is 17.2 Å². The Kier molecular flexibility index (Phi) is 7.30. The van der Waals surface area contributed by atoms with E-state index in [-0.39, 0.29) is 18.1 Å². The molecule has 7 nitrogen and oxygen atoms in total. The smallest absolute Gasteiger partial charge is 0.480 e. The molecule has 0 spiro atoms. The normalized spacial score (nSPS) is 21.4. The molecule has 2 aromatic rings. The molecule has 2 amide bonds. The van der Waals surface area contributed by atoms with E-state index in [1.54, 1.807) is 5.38 Å². The fourth-order valence-corrected chi connectivity index (χ4v) is 5.49. The Bertz CT molecular complexity index is 1010. The van der Waals surface area contributed by atoms with Gasteiger partial charge in [0.25, 0.3) is 11.8 Å². The van der Waals surface area contributed by atoms with Crippen molar-refractivity contribution in [1.82, 2.24) is 9.88 Å². The number of nitrogens with two attached hydrogens (primary N) is 1. The summed E-state index contributed by atoms with van der Waals surface area (Å²) in [4.78, 5) is 31.2. The minimum atomic E-state index is -4.80. The third kappa shape index (κ3) is 6.19. The quantitative estimate of drug-likeness (QED) is 0.620. The number of fused-ring (bicyclic) bond motifs is 1. The molecule has 1 saturated carbocycles. The van der Waals surface area contributed by atoms with Crippen LogP contribution < -0.4 is 15.2 Å². The average Bonchev–Trinajstić information content (AvgIpc) is 3.26. The molecule has 1 aromatic carbocycles. The fourth-order valence-electron chi connectivity index (χ4n) is 4.69. The van der Waals surface area contributed by atoms with E-state index in [0.717, 1.165) is 38.1 Å². The number of aromatic nitrogens is 1. The fraction of sp³-hybridized carbons (Fsp3) is 0.522. The van der Waals surface area contributed by atoms with E-state index < -0.39 is 24.1 Å². The number of primary amides is 1. The number of alkyl halides is 3. The maximum Gasteiger partial charge on any atom is 0.573 e. The van der Waals surface area contributed by atoms with Crippen molar-refractivity contribution in [3.8, 4) is 11.5 Å². The molecule has 34 heavy (non-hydrogen) atoms. The van der Waals surface area contributed by atoms with Gasteiger partial charge < -0.3 is 20.1 Å². The molecule has 1 aliphatic heterocycles. The summed E-state index contributed by atoms with van der Waals surface area (Å²) in [6.07, 6.45) is 0.0793. The second-order valence-electron chi connectivity index (χ2n) is 8.70. The Labute approximate surface area is 199 Å². The number of piperidine rings is 1. The summed E-state index contributed by atoms with van der Waals surface area (Å²) in [5.41, 5.74) is 5.79. The number of nitrogens with zero attached hydrogens (tertiary/aromatic N) is 2. The van der Waals surface area contributed by atoms with Crippen molar-refractivity contribution >= 4 is 23.2 Å². The summed E-state index contributed by atoms with van der Waals surface area (Å²) in [5.74, 6) is 0.162. The van der Waals surface area contributed by atoms with Crippen molar-refractivity contribution in [3.63, 3.8) is 0 Å². The number of hydrogen-bond acceptors (Lipinski definition) is 6. The highest BCUT2D eigenvalue weighted by Crippen LogP contribution is 2.36. The molecule has 2 fully saturated rings. The number of carbonyl (C=O) groups excluding carboxylic acids is 2. The zero-order valence-electron chi connectivity index (χ0n) is 18.4. The molecule has 11 heteroatoms. The van der Waals surface area contributed by atoms with E-state index in [0.29, 0.717) is 22.5 Å². The molecule has 3 atom stereocenters. The van der Waals surface area contributed by atoms with Crippen molar-refractivity contribution in [1.29, 1.82) is 0 Å². The van der Waals surface area contributed by atoms with Gasteiger partial charge in [0.15, 0.2) is 6.10 Å². The SMILES string of the molecule is NC(=O)C(Cc1nc(C(=O)N2CC[C@H]3CCCC[C@@H]3C2)cs1)Oc1ccc(OC(F)(F)F)cc1. The number of carbonyl (C=O) groups is 2. The van der Waals surface area contributed by atoms with Gasteiger partial charge in [-0.3, -0.25) is 9.59 Å². The first-order valence-corrected chi connectivity index (χ1v) is 12.1. The molecule has 1 saturated heterocycles. The molecule has 0 radical (unpaired) electrons. The highest BCUT2D eigenvalue weighted by atomic mass is 32.1. The first kappa shape index (κ1) is 24.3. The zero-order chi connectivity index (χ0) is 24.3. The van der Waals surface area contributed by atoms with E-state index in [1.807, 2.05) is 4.90 Å². The topological polar surface area (TPSA) is 94.8 Å². The standard InChI is InChI=1S/C23H26F3N3O4S/c24-23(25,26)33-17-7-5-16(6-8-17)32-19(21(27)30)11-20-28-18(13-34-20)22(31)29-10-9-14-3-1-2-4-15(14)12-29/h5-8,13-15,19H,1-4,9-12H2,(H2,27,30)/t14-,15-,19?/m1/s1. The molecule has 2 N–H and O–H groups in total. The van der Waals surface area contributed by atoms with Gasteiger partial charge in [-0.25, -0.2) is 4.98 Å². The molecule has 1 unspecified atom stereocenters. The van der Waals surface area contributed by atoms with Gasteiger partial charge in [-0.15, -0.1) is 24.5 Å². The molecule has 2 aliphatic rings. The van der Waals surface area contributed by atoms with Crippen LogP contribution in [0.5, 0.6) is 11.5 Å². The number of thiazole rings is 1. The monoisotopic (exact) mass is 497 g/mol. The van der Waals surface area contributed by atoms with Crippen LogP contribution in [0.3, 0.4) is 0 Å². The second kappa shape index (κ2) is 10.2. The van der Waals surface area contributed by atoms with Crippen LogP contribution in [0, 0.1) is 11.8 Å². The Hall–Kier alpha value is -2.82. The van der Waals surface area contributed by atoms with E-state index in [9.17, 15) is 22.8 Å². The van der Waals surface area contributed by atoms with Gasteiger partial charge >= 0.3 is 6.36 Å². The molecular weight excluding hydrogens is 471 g/mol. The lowest BCUT2D eigenvalue weighted by atomic mass is 9.75. The molecule has 0 bridgehead atoms. The third-order valence-electron chi connectivity index (χ3n) is 6.36.